The first-order valence-electron chi connectivity index (χ1n) is 5.12. The standard InChI is InChI=1S/C10H17F2O3P/c1-4-7-8-9-10(11,12)16(13,14-5-2)15-6-3/h7,9H,4-6H2,1-3H3. The van der Waals surface area contributed by atoms with Crippen molar-refractivity contribution in [2.45, 2.75) is 32.9 Å². The third kappa shape index (κ3) is 4.18. The van der Waals surface area contributed by atoms with E-state index < -0.39 is 13.3 Å². The Kier molecular flexibility index (Phi) is 6.77. The van der Waals surface area contributed by atoms with Gasteiger partial charge in [0.25, 0.3) is 0 Å². The quantitative estimate of drug-likeness (QED) is 0.509. The second-order valence-corrected chi connectivity index (χ2v) is 4.95. The lowest BCUT2D eigenvalue weighted by Gasteiger charge is -2.22. The van der Waals surface area contributed by atoms with Crippen LogP contribution in [-0.4, -0.2) is 18.9 Å². The Morgan fingerprint density at radius 2 is 1.75 bits per heavy atom. The summed E-state index contributed by atoms with van der Waals surface area (Å²) in [5, 5.41) is 0. The second-order valence-electron chi connectivity index (χ2n) is 2.84. The zero-order valence-electron chi connectivity index (χ0n) is 9.70. The molecule has 0 aliphatic carbocycles. The molecule has 0 heterocycles. The van der Waals surface area contributed by atoms with Crippen molar-refractivity contribution in [3.63, 3.8) is 0 Å². The first-order valence-corrected chi connectivity index (χ1v) is 6.66. The van der Waals surface area contributed by atoms with Gasteiger partial charge in [-0.25, -0.2) is 0 Å². The number of rotatable bonds is 7. The van der Waals surface area contributed by atoms with Gasteiger partial charge >= 0.3 is 13.3 Å². The fourth-order valence-electron chi connectivity index (χ4n) is 0.905. The van der Waals surface area contributed by atoms with Crippen LogP contribution in [0.25, 0.3) is 0 Å². The molecule has 3 nitrogen and oxygen atoms in total. The molecule has 0 N–H and O–H groups in total. The van der Waals surface area contributed by atoms with E-state index in [0.717, 1.165) is 0 Å². The highest BCUT2D eigenvalue weighted by Crippen LogP contribution is 2.62. The molecule has 0 radical (unpaired) electrons. The molecule has 0 aromatic heterocycles. The maximum atomic E-state index is 13.5. The smallest absolute Gasteiger partial charge is 0.304 e. The van der Waals surface area contributed by atoms with Crippen molar-refractivity contribution >= 4 is 7.60 Å². The minimum Gasteiger partial charge on any atom is -0.304 e. The van der Waals surface area contributed by atoms with Crippen LogP contribution in [0.3, 0.4) is 0 Å². The predicted molar refractivity (Wildman–Crippen MR) is 58.7 cm³/mol. The maximum Gasteiger partial charge on any atom is 0.404 e. The summed E-state index contributed by atoms with van der Waals surface area (Å²) in [5.74, 6) is 0. The third-order valence-electron chi connectivity index (χ3n) is 1.54. The summed E-state index contributed by atoms with van der Waals surface area (Å²) in [6.07, 6.45) is 2.42. The lowest BCUT2D eigenvalue weighted by Crippen LogP contribution is -2.17. The molecule has 0 aromatic rings. The molecular weight excluding hydrogens is 237 g/mol. The molecule has 0 unspecified atom stereocenters. The summed E-state index contributed by atoms with van der Waals surface area (Å²) in [6.45, 7) is 4.54. The Hall–Kier alpha value is -0.470. The largest absolute Gasteiger partial charge is 0.404 e. The molecule has 0 bridgehead atoms. The number of alkyl halides is 2. The molecule has 0 saturated heterocycles. The normalized spacial score (nSPS) is 12.1. The highest BCUT2D eigenvalue weighted by Gasteiger charge is 2.51. The minimum atomic E-state index is -4.43. The Labute approximate surface area is 94.7 Å². The van der Waals surface area contributed by atoms with Gasteiger partial charge in [-0.3, -0.25) is 4.57 Å². The van der Waals surface area contributed by atoms with Crippen LogP contribution in [0.5, 0.6) is 0 Å². The lowest BCUT2D eigenvalue weighted by molar-refractivity contribution is 0.0795. The summed E-state index contributed by atoms with van der Waals surface area (Å²) in [6, 6.07) is 0. The van der Waals surface area contributed by atoms with Gasteiger partial charge in [0.1, 0.15) is 0 Å². The SMILES string of the molecule is CCC=C=CC(F)(F)P(=O)(OCC)OCC. The van der Waals surface area contributed by atoms with E-state index >= 15 is 0 Å². The van der Waals surface area contributed by atoms with E-state index in [4.69, 9.17) is 0 Å². The molecule has 94 valence electrons. The summed E-state index contributed by atoms with van der Waals surface area (Å²) in [4.78, 5) is 0. The molecule has 0 fully saturated rings. The first kappa shape index (κ1) is 15.5. The predicted octanol–water partition coefficient (Wildman–Crippen LogP) is 3.97. The van der Waals surface area contributed by atoms with Crippen molar-refractivity contribution in [3.8, 4) is 0 Å². The van der Waals surface area contributed by atoms with Crippen LogP contribution in [-0.2, 0) is 13.6 Å². The van der Waals surface area contributed by atoms with E-state index in [9.17, 15) is 13.3 Å². The van der Waals surface area contributed by atoms with Gasteiger partial charge in [-0.1, -0.05) is 6.92 Å². The molecular formula is C10H17F2O3P. The summed E-state index contributed by atoms with van der Waals surface area (Å²) in [7, 11) is -4.43. The van der Waals surface area contributed by atoms with Crippen LogP contribution in [0.15, 0.2) is 17.9 Å². The molecule has 16 heavy (non-hydrogen) atoms. The zero-order valence-corrected chi connectivity index (χ0v) is 10.6. The van der Waals surface area contributed by atoms with Gasteiger partial charge in [-0.15, -0.1) is 5.73 Å². The van der Waals surface area contributed by atoms with E-state index in [-0.39, 0.29) is 13.2 Å². The molecule has 0 amide bonds. The summed E-state index contributed by atoms with van der Waals surface area (Å²) >= 11 is 0. The molecule has 6 heteroatoms. The van der Waals surface area contributed by atoms with Crippen LogP contribution >= 0.6 is 7.60 Å². The van der Waals surface area contributed by atoms with Gasteiger partial charge in [0.15, 0.2) is 0 Å². The number of halogens is 2. The lowest BCUT2D eigenvalue weighted by atomic mass is 10.4. The maximum absolute atomic E-state index is 13.5. The molecule has 0 aromatic carbocycles. The van der Waals surface area contributed by atoms with Gasteiger partial charge in [0.05, 0.1) is 13.2 Å². The van der Waals surface area contributed by atoms with Crippen LogP contribution in [0, 0.1) is 0 Å². The third-order valence-corrected chi connectivity index (χ3v) is 3.60. The van der Waals surface area contributed by atoms with Gasteiger partial charge in [-0.05, 0) is 26.3 Å². The second kappa shape index (κ2) is 6.97. The highest BCUT2D eigenvalue weighted by atomic mass is 31.2. The van der Waals surface area contributed by atoms with E-state index in [2.05, 4.69) is 14.8 Å². The number of hydrogen-bond donors (Lipinski definition) is 0. The highest BCUT2D eigenvalue weighted by molar-refractivity contribution is 7.55. The van der Waals surface area contributed by atoms with Gasteiger partial charge < -0.3 is 9.05 Å². The Morgan fingerprint density at radius 3 is 2.12 bits per heavy atom. The van der Waals surface area contributed by atoms with E-state index in [1.165, 1.54) is 19.9 Å². The zero-order chi connectivity index (χ0) is 12.7. The van der Waals surface area contributed by atoms with Gasteiger partial charge in [-0.2, -0.15) is 8.78 Å². The number of allylic oxidation sites excluding steroid dienone is 1. The average Bonchev–Trinajstić information content (AvgIpc) is 2.18. The Balaban J connectivity index is 5.03. The van der Waals surface area contributed by atoms with Crippen molar-refractivity contribution in [2.75, 3.05) is 13.2 Å². The van der Waals surface area contributed by atoms with Crippen molar-refractivity contribution in [3.05, 3.63) is 17.9 Å². The molecule has 0 spiro atoms. The van der Waals surface area contributed by atoms with Crippen LogP contribution in [0.2, 0.25) is 0 Å². The van der Waals surface area contributed by atoms with Gasteiger partial charge in [0.2, 0.25) is 0 Å². The van der Waals surface area contributed by atoms with Crippen molar-refractivity contribution in [1.29, 1.82) is 0 Å². The minimum absolute atomic E-state index is 0.0990. The Bertz CT molecular complexity index is 299. The van der Waals surface area contributed by atoms with Crippen LogP contribution in [0.4, 0.5) is 8.78 Å². The number of hydrogen-bond acceptors (Lipinski definition) is 3. The van der Waals surface area contributed by atoms with Crippen LogP contribution < -0.4 is 0 Å². The molecule has 0 atom stereocenters. The fraction of sp³-hybridized carbons (Fsp3) is 0.700. The van der Waals surface area contributed by atoms with Crippen LogP contribution in [0.1, 0.15) is 27.2 Å². The fourth-order valence-corrected chi connectivity index (χ4v) is 2.24. The summed E-state index contributed by atoms with van der Waals surface area (Å²) < 4.78 is 47.9. The first-order chi connectivity index (χ1) is 7.43. The molecule has 0 rings (SSSR count). The molecule has 0 saturated carbocycles. The van der Waals surface area contributed by atoms with Crippen molar-refractivity contribution < 1.29 is 22.4 Å². The Morgan fingerprint density at radius 1 is 1.25 bits per heavy atom. The van der Waals surface area contributed by atoms with E-state index in [0.29, 0.717) is 12.5 Å². The molecule has 0 aliphatic rings. The van der Waals surface area contributed by atoms with Gasteiger partial charge in [0, 0.05) is 6.08 Å². The molecule has 0 aliphatic heterocycles. The van der Waals surface area contributed by atoms with E-state index in [1.807, 2.05) is 0 Å². The van der Waals surface area contributed by atoms with Crippen molar-refractivity contribution in [2.24, 2.45) is 0 Å². The summed E-state index contributed by atoms with van der Waals surface area (Å²) in [5.41, 5.74) is -1.38. The topological polar surface area (TPSA) is 35.5 Å². The van der Waals surface area contributed by atoms with Crippen molar-refractivity contribution in [1.82, 2.24) is 0 Å². The monoisotopic (exact) mass is 254 g/mol. The van der Waals surface area contributed by atoms with E-state index in [1.54, 1.807) is 6.92 Å². The average molecular weight is 254 g/mol.